The Morgan fingerprint density at radius 3 is 2.84 bits per heavy atom. The number of aliphatic hydroxyl groups is 1. The number of piperidine rings is 1. The molecule has 4 atom stereocenters. The molecule has 2 aromatic carbocycles. The van der Waals surface area contributed by atoms with Crippen molar-refractivity contribution in [2.24, 2.45) is 5.92 Å². The summed E-state index contributed by atoms with van der Waals surface area (Å²) in [5, 5.41) is 11.9. The van der Waals surface area contributed by atoms with Gasteiger partial charge in [0, 0.05) is 24.2 Å². The lowest BCUT2D eigenvalue weighted by atomic mass is 9.86. The molecule has 4 aliphatic rings. The number of aromatic nitrogens is 3. The molecule has 6 heterocycles. The van der Waals surface area contributed by atoms with Crippen LogP contribution in [0.3, 0.4) is 0 Å². The molecule has 3 unspecified atom stereocenters. The van der Waals surface area contributed by atoms with Crippen molar-refractivity contribution in [3.05, 3.63) is 28.8 Å². The molecule has 2 aromatic heterocycles. The minimum absolute atomic E-state index is 0.00656. The maximum absolute atomic E-state index is 17.0. The number of anilines is 2. The molecule has 44 heavy (non-hydrogen) atoms. The van der Waals surface area contributed by atoms with Crippen molar-refractivity contribution < 1.29 is 23.4 Å². The number of nitrogens with two attached hydrogens (primary N) is 1. The lowest BCUT2D eigenvalue weighted by molar-refractivity contribution is -0.00671. The van der Waals surface area contributed by atoms with Gasteiger partial charge in [-0.3, -0.25) is 4.90 Å². The van der Waals surface area contributed by atoms with E-state index in [2.05, 4.69) is 21.8 Å². The minimum atomic E-state index is -1.09. The van der Waals surface area contributed by atoms with Gasteiger partial charge >= 0.3 is 6.01 Å². The number of ether oxygens (including phenoxy) is 2. The van der Waals surface area contributed by atoms with E-state index in [1.54, 1.807) is 6.92 Å². The van der Waals surface area contributed by atoms with Gasteiger partial charge in [0.05, 0.1) is 37.8 Å². The molecule has 232 valence electrons. The van der Waals surface area contributed by atoms with E-state index in [1.165, 1.54) is 12.1 Å². The first-order valence-electron chi connectivity index (χ1n) is 15.1. The number of thiazole rings is 1. The third-order valence-electron chi connectivity index (χ3n) is 10.0. The van der Waals surface area contributed by atoms with Crippen molar-refractivity contribution in [3.63, 3.8) is 0 Å². The highest BCUT2D eigenvalue weighted by Crippen LogP contribution is 2.51. The minimum Gasteiger partial charge on any atom is -0.489 e. The molecule has 8 rings (SSSR count). The first-order chi connectivity index (χ1) is 21.1. The average Bonchev–Trinajstić information content (AvgIpc) is 3.61. The predicted molar refractivity (Wildman–Crippen MR) is 167 cm³/mol. The summed E-state index contributed by atoms with van der Waals surface area (Å²) in [5.41, 5.74) is 5.20. The highest BCUT2D eigenvalue weighted by molar-refractivity contribution is 7.22. The molecular weight excluding hydrogens is 610 g/mol. The standard InChI is InChI=1S/C31H33ClF2N6O3S/c1-15-11-31(8-4-9-39(31)12-15)14-43-29-37-24-20-25(42-13-18-30(2,41)7-3-10-40(18)27(20)38-29)21(32)19(22(24)34)16-5-6-17(33)26-23(16)36-28(35)44-26/h5-6,15,18,41H,3-4,7-14H2,1-2H3,(H2,35,36)/t15-,18?,30?,31?/m1/s1. The van der Waals surface area contributed by atoms with Crippen LogP contribution in [-0.2, 0) is 0 Å². The van der Waals surface area contributed by atoms with Crippen molar-refractivity contribution in [3.8, 4) is 22.9 Å². The van der Waals surface area contributed by atoms with E-state index in [9.17, 15) is 9.50 Å². The zero-order chi connectivity index (χ0) is 30.5. The Morgan fingerprint density at radius 2 is 2.00 bits per heavy atom. The Balaban J connectivity index is 1.34. The Labute approximate surface area is 261 Å². The molecule has 0 aliphatic carbocycles. The average molecular weight is 643 g/mol. The maximum atomic E-state index is 17.0. The van der Waals surface area contributed by atoms with Crippen molar-refractivity contribution in [1.82, 2.24) is 19.9 Å². The number of halogens is 3. The first kappa shape index (κ1) is 28.4. The largest absolute Gasteiger partial charge is 0.489 e. The molecule has 0 bridgehead atoms. The maximum Gasteiger partial charge on any atom is 0.319 e. The molecule has 0 saturated carbocycles. The second kappa shape index (κ2) is 9.97. The highest BCUT2D eigenvalue weighted by atomic mass is 35.5. The molecule has 0 amide bonds. The number of hydrogen-bond acceptors (Lipinski definition) is 10. The van der Waals surface area contributed by atoms with E-state index >= 15 is 4.39 Å². The Kier molecular flexibility index (Phi) is 6.44. The van der Waals surface area contributed by atoms with Gasteiger partial charge in [-0.2, -0.15) is 9.97 Å². The summed E-state index contributed by atoms with van der Waals surface area (Å²) >= 11 is 7.98. The molecule has 3 N–H and O–H groups in total. The Morgan fingerprint density at radius 1 is 1.18 bits per heavy atom. The van der Waals surface area contributed by atoms with Crippen molar-refractivity contribution in [2.45, 2.75) is 63.1 Å². The summed E-state index contributed by atoms with van der Waals surface area (Å²) in [6.45, 7) is 7.18. The second-order valence-electron chi connectivity index (χ2n) is 13.1. The molecule has 3 saturated heterocycles. The van der Waals surface area contributed by atoms with Crippen molar-refractivity contribution in [2.75, 3.05) is 43.5 Å². The van der Waals surface area contributed by atoms with E-state index in [0.717, 1.165) is 43.7 Å². The number of fused-ring (bicyclic) bond motifs is 4. The molecule has 3 fully saturated rings. The summed E-state index contributed by atoms with van der Waals surface area (Å²) in [6, 6.07) is 2.28. The van der Waals surface area contributed by atoms with Gasteiger partial charge in [0.15, 0.2) is 16.7 Å². The van der Waals surface area contributed by atoms with Gasteiger partial charge in [-0.1, -0.05) is 29.9 Å². The van der Waals surface area contributed by atoms with Crippen LogP contribution in [0.15, 0.2) is 12.1 Å². The topological polar surface area (TPSA) is 110 Å². The third-order valence-corrected chi connectivity index (χ3v) is 11.3. The van der Waals surface area contributed by atoms with E-state index in [4.69, 9.17) is 31.8 Å². The molecule has 4 aliphatic heterocycles. The summed E-state index contributed by atoms with van der Waals surface area (Å²) in [5.74, 6) is -0.0480. The zero-order valence-electron chi connectivity index (χ0n) is 24.5. The fourth-order valence-electron chi connectivity index (χ4n) is 8.04. The lowest BCUT2D eigenvalue weighted by Crippen LogP contribution is -2.58. The van der Waals surface area contributed by atoms with Crippen LogP contribution in [0.1, 0.15) is 46.0 Å². The fourth-order valence-corrected chi connectivity index (χ4v) is 9.14. The van der Waals surface area contributed by atoms with Crippen LogP contribution >= 0.6 is 22.9 Å². The molecule has 9 nitrogen and oxygen atoms in total. The van der Waals surface area contributed by atoms with Gasteiger partial charge in [0.25, 0.3) is 0 Å². The second-order valence-corrected chi connectivity index (χ2v) is 14.5. The molecular formula is C31H33ClF2N6O3S. The van der Waals surface area contributed by atoms with Gasteiger partial charge in [-0.05, 0) is 63.6 Å². The number of rotatable bonds is 4. The SMILES string of the molecule is C[C@H]1CN2CCCC2(COc2nc3c4c(c(Cl)c(-c5ccc(F)c6sc(N)nc56)c(F)c4n2)OCC2N3CCCC2(C)O)C1. The monoisotopic (exact) mass is 642 g/mol. The van der Waals surface area contributed by atoms with Gasteiger partial charge in [-0.25, -0.2) is 13.8 Å². The van der Waals surface area contributed by atoms with Crippen LogP contribution in [0.25, 0.3) is 32.2 Å². The number of nitrogens with zero attached hydrogens (tertiary/aromatic N) is 5. The van der Waals surface area contributed by atoms with E-state index < -0.39 is 23.3 Å². The molecule has 13 heteroatoms. The number of hydrogen-bond donors (Lipinski definition) is 2. The van der Waals surface area contributed by atoms with Crippen molar-refractivity contribution in [1.29, 1.82) is 0 Å². The Hall–Kier alpha value is -3.06. The van der Waals surface area contributed by atoms with Crippen LogP contribution in [0.5, 0.6) is 11.8 Å². The summed E-state index contributed by atoms with van der Waals surface area (Å²) < 4.78 is 44.6. The van der Waals surface area contributed by atoms with E-state index in [0.29, 0.717) is 43.1 Å². The number of nitrogen functional groups attached to an aromatic ring is 1. The quantitative estimate of drug-likeness (QED) is 0.286. The van der Waals surface area contributed by atoms with Crippen LogP contribution in [0.2, 0.25) is 5.02 Å². The van der Waals surface area contributed by atoms with Gasteiger partial charge in [-0.15, -0.1) is 0 Å². The molecule has 0 radical (unpaired) electrons. The third kappa shape index (κ3) is 4.17. The molecule has 4 aromatic rings. The van der Waals surface area contributed by atoms with Gasteiger partial charge < -0.3 is 25.2 Å². The Bertz CT molecular complexity index is 1840. The lowest BCUT2D eigenvalue weighted by Gasteiger charge is -2.44. The van der Waals surface area contributed by atoms with Crippen LogP contribution in [0.4, 0.5) is 19.7 Å². The first-order valence-corrected chi connectivity index (χ1v) is 16.3. The number of benzene rings is 2. The normalized spacial score (nSPS) is 28.3. The smallest absolute Gasteiger partial charge is 0.319 e. The summed E-state index contributed by atoms with van der Waals surface area (Å²) in [7, 11) is 0. The van der Waals surface area contributed by atoms with Gasteiger partial charge in [0.1, 0.15) is 30.4 Å². The van der Waals surface area contributed by atoms with Crippen molar-refractivity contribution >= 4 is 55.0 Å². The van der Waals surface area contributed by atoms with Crippen LogP contribution in [0, 0.1) is 17.6 Å². The highest BCUT2D eigenvalue weighted by Gasteiger charge is 2.48. The van der Waals surface area contributed by atoms with Gasteiger partial charge in [0.2, 0.25) is 0 Å². The van der Waals surface area contributed by atoms with E-state index in [1.807, 2.05) is 4.90 Å². The van der Waals surface area contributed by atoms with E-state index in [-0.39, 0.29) is 60.9 Å². The predicted octanol–water partition coefficient (Wildman–Crippen LogP) is 5.79. The van der Waals surface area contributed by atoms with Crippen LogP contribution in [-0.4, -0.2) is 75.0 Å². The van der Waals surface area contributed by atoms with Crippen LogP contribution < -0.4 is 20.1 Å². The zero-order valence-corrected chi connectivity index (χ0v) is 26.1. The molecule has 0 spiro atoms. The fraction of sp³-hybridized carbons (Fsp3) is 0.516. The summed E-state index contributed by atoms with van der Waals surface area (Å²) in [4.78, 5) is 18.3. The summed E-state index contributed by atoms with van der Waals surface area (Å²) in [6.07, 6.45) is 4.44.